The van der Waals surface area contributed by atoms with Crippen molar-refractivity contribution < 1.29 is 19.1 Å². The molecule has 0 saturated heterocycles. The average molecular weight is 479 g/mol. The van der Waals surface area contributed by atoms with E-state index in [1.807, 2.05) is 30.3 Å². The van der Waals surface area contributed by atoms with Gasteiger partial charge in [-0.3, -0.25) is 4.79 Å². The van der Waals surface area contributed by atoms with Gasteiger partial charge in [0.05, 0.1) is 31.3 Å². The number of amides is 3. The number of fused-ring (bicyclic) bond motifs is 1. The van der Waals surface area contributed by atoms with Gasteiger partial charge in [0.1, 0.15) is 11.5 Å². The maximum Gasteiger partial charge on any atom is 0.321 e. The first-order valence-corrected chi connectivity index (χ1v) is 10.8. The summed E-state index contributed by atoms with van der Waals surface area (Å²) in [6.07, 6.45) is -1.17. The Kier molecular flexibility index (Phi) is 6.70. The number of urea groups is 1. The van der Waals surface area contributed by atoms with Crippen LogP contribution in [0.15, 0.2) is 71.7 Å². The Labute approximate surface area is 202 Å². The summed E-state index contributed by atoms with van der Waals surface area (Å²) in [4.78, 5) is 32.3. The number of halogens is 1. The first-order valence-electron chi connectivity index (χ1n) is 10.4. The molecule has 4 rings (SSSR count). The van der Waals surface area contributed by atoms with Crippen LogP contribution in [0.25, 0.3) is 0 Å². The van der Waals surface area contributed by atoms with E-state index in [1.165, 1.54) is 19.1 Å². The summed E-state index contributed by atoms with van der Waals surface area (Å²) in [6, 6.07) is 19.0. The van der Waals surface area contributed by atoms with Gasteiger partial charge in [0, 0.05) is 29.3 Å². The lowest BCUT2D eigenvalue weighted by Crippen LogP contribution is -2.47. The number of hydrogen-bond acceptors (Lipinski definition) is 5. The van der Waals surface area contributed by atoms with Crippen molar-refractivity contribution in [2.45, 2.75) is 6.17 Å². The molecular formula is C25H23ClN4O4. The Morgan fingerprint density at radius 2 is 1.79 bits per heavy atom. The molecule has 34 heavy (non-hydrogen) atoms. The van der Waals surface area contributed by atoms with Gasteiger partial charge in [0.2, 0.25) is 6.17 Å². The van der Waals surface area contributed by atoms with E-state index < -0.39 is 18.1 Å². The summed E-state index contributed by atoms with van der Waals surface area (Å²) < 4.78 is 10.5. The van der Waals surface area contributed by atoms with Gasteiger partial charge < -0.3 is 25.0 Å². The van der Waals surface area contributed by atoms with Crippen LogP contribution in [0, 0.1) is 0 Å². The van der Waals surface area contributed by atoms with E-state index in [2.05, 4.69) is 15.6 Å². The van der Waals surface area contributed by atoms with E-state index in [-0.39, 0.29) is 0 Å². The number of aliphatic imine (C=N–C) groups is 1. The minimum absolute atomic E-state index is 0.397. The topological polar surface area (TPSA) is 92.3 Å². The molecule has 3 amide bonds. The lowest BCUT2D eigenvalue weighted by Gasteiger charge is -2.21. The van der Waals surface area contributed by atoms with Crippen LogP contribution < -0.4 is 25.0 Å². The first-order chi connectivity index (χ1) is 16.4. The van der Waals surface area contributed by atoms with Crippen molar-refractivity contribution in [1.82, 2.24) is 5.32 Å². The van der Waals surface area contributed by atoms with Crippen LogP contribution in [-0.4, -0.2) is 45.1 Å². The molecule has 1 aliphatic heterocycles. The molecule has 0 aliphatic carbocycles. The van der Waals surface area contributed by atoms with E-state index in [9.17, 15) is 9.59 Å². The number of hydrogen-bond donors (Lipinski definition) is 2. The van der Waals surface area contributed by atoms with Crippen molar-refractivity contribution in [3.8, 4) is 11.5 Å². The molecular weight excluding hydrogens is 456 g/mol. The molecule has 0 radical (unpaired) electrons. The minimum atomic E-state index is -1.17. The van der Waals surface area contributed by atoms with Gasteiger partial charge >= 0.3 is 6.03 Å². The zero-order valence-electron chi connectivity index (χ0n) is 18.8. The number of carbonyl (C=O) groups excluding carboxylic acids is 2. The fraction of sp³-hybridized carbons (Fsp3) is 0.160. The van der Waals surface area contributed by atoms with Gasteiger partial charge in [-0.2, -0.15) is 0 Å². The number of anilines is 2. The number of nitrogens with one attached hydrogen (secondary N) is 2. The molecule has 3 aromatic rings. The Balaban J connectivity index is 1.68. The number of methoxy groups -OCH3 is 2. The van der Waals surface area contributed by atoms with Crippen LogP contribution in [0.4, 0.5) is 16.2 Å². The monoisotopic (exact) mass is 478 g/mol. The summed E-state index contributed by atoms with van der Waals surface area (Å²) in [6.45, 7) is 0. The van der Waals surface area contributed by atoms with Crippen molar-refractivity contribution in [3.05, 3.63) is 82.9 Å². The number of likely N-dealkylation sites (N-methyl/N-ethyl adjacent to an activating group) is 1. The highest BCUT2D eigenvalue weighted by Crippen LogP contribution is 2.31. The zero-order valence-corrected chi connectivity index (χ0v) is 19.6. The molecule has 0 saturated carbocycles. The predicted octanol–water partition coefficient (Wildman–Crippen LogP) is 4.32. The maximum atomic E-state index is 13.3. The molecule has 3 aromatic carbocycles. The highest BCUT2D eigenvalue weighted by Gasteiger charge is 2.31. The quantitative estimate of drug-likeness (QED) is 0.571. The Morgan fingerprint density at radius 1 is 1.03 bits per heavy atom. The molecule has 2 N–H and O–H groups in total. The Hall–Kier alpha value is -4.04. The van der Waals surface area contributed by atoms with Crippen molar-refractivity contribution in [2.75, 3.05) is 31.5 Å². The smallest absolute Gasteiger partial charge is 0.321 e. The van der Waals surface area contributed by atoms with Crippen LogP contribution in [-0.2, 0) is 4.79 Å². The molecule has 0 spiro atoms. The van der Waals surface area contributed by atoms with E-state index in [1.54, 1.807) is 43.4 Å². The average Bonchev–Trinajstić information content (AvgIpc) is 2.95. The normalized spacial score (nSPS) is 15.1. The van der Waals surface area contributed by atoms with Crippen LogP contribution >= 0.6 is 11.6 Å². The highest BCUT2D eigenvalue weighted by atomic mass is 35.5. The third-order valence-electron chi connectivity index (χ3n) is 5.37. The van der Waals surface area contributed by atoms with E-state index in [4.69, 9.17) is 21.1 Å². The van der Waals surface area contributed by atoms with E-state index >= 15 is 0 Å². The van der Waals surface area contributed by atoms with Crippen LogP contribution in [0.1, 0.15) is 11.1 Å². The van der Waals surface area contributed by atoms with Crippen LogP contribution in [0.5, 0.6) is 11.5 Å². The fourth-order valence-corrected chi connectivity index (χ4v) is 3.82. The number of ether oxygens (including phenoxy) is 2. The van der Waals surface area contributed by atoms with Crippen molar-refractivity contribution in [1.29, 1.82) is 0 Å². The van der Waals surface area contributed by atoms with E-state index in [0.717, 1.165) is 5.56 Å². The molecule has 1 atom stereocenters. The van der Waals surface area contributed by atoms with Crippen LogP contribution in [0.3, 0.4) is 0 Å². The number of rotatable bonds is 5. The lowest BCUT2D eigenvalue weighted by molar-refractivity contribution is -0.119. The second-order valence-corrected chi connectivity index (χ2v) is 7.91. The summed E-state index contributed by atoms with van der Waals surface area (Å²) in [7, 11) is 4.66. The van der Waals surface area contributed by atoms with Gasteiger partial charge in [0.25, 0.3) is 5.91 Å². The number of nitrogens with zero attached hydrogens (tertiary/aromatic N) is 2. The molecule has 8 nitrogen and oxygen atoms in total. The van der Waals surface area contributed by atoms with Crippen molar-refractivity contribution in [3.63, 3.8) is 0 Å². The molecule has 1 heterocycles. The molecule has 0 bridgehead atoms. The zero-order chi connectivity index (χ0) is 24.2. The second kappa shape index (κ2) is 9.84. The van der Waals surface area contributed by atoms with Gasteiger partial charge in [-0.25, -0.2) is 9.79 Å². The lowest BCUT2D eigenvalue weighted by atomic mass is 10.0. The van der Waals surface area contributed by atoms with Gasteiger partial charge in [-0.1, -0.05) is 41.9 Å². The Bertz CT molecular complexity index is 1260. The number of benzene rings is 3. The summed E-state index contributed by atoms with van der Waals surface area (Å²) in [5.41, 5.74) is 3.08. The van der Waals surface area contributed by atoms with Gasteiger partial charge in [-0.15, -0.1) is 0 Å². The predicted molar refractivity (Wildman–Crippen MR) is 132 cm³/mol. The van der Waals surface area contributed by atoms with Crippen molar-refractivity contribution in [2.24, 2.45) is 4.99 Å². The molecule has 9 heteroatoms. The Morgan fingerprint density at radius 3 is 2.50 bits per heavy atom. The highest BCUT2D eigenvalue weighted by molar-refractivity contribution is 6.32. The molecule has 1 aliphatic rings. The SMILES string of the molecule is COc1ccc(NC(=O)NC2N=C(c3ccccc3)c3cc(Cl)ccc3N(C)C2=O)c(OC)c1. The number of carbonyl (C=O) groups is 2. The van der Waals surface area contributed by atoms with Crippen LogP contribution in [0.2, 0.25) is 5.02 Å². The third-order valence-corrected chi connectivity index (χ3v) is 5.60. The third kappa shape index (κ3) is 4.67. The maximum absolute atomic E-state index is 13.3. The summed E-state index contributed by atoms with van der Waals surface area (Å²) >= 11 is 6.27. The van der Waals surface area contributed by atoms with E-state index in [0.29, 0.717) is 39.2 Å². The standard InChI is InChI=1S/C25H23ClN4O4/c1-30-20-12-9-16(26)13-18(20)22(15-7-5-4-6-8-15)28-23(24(30)31)29-25(32)27-19-11-10-17(33-2)14-21(19)34-3/h4-14,23H,1-3H3,(H2,27,29,32). The van der Waals surface area contributed by atoms with Gasteiger partial charge in [0.15, 0.2) is 0 Å². The van der Waals surface area contributed by atoms with Gasteiger partial charge in [-0.05, 0) is 30.3 Å². The second-order valence-electron chi connectivity index (χ2n) is 7.47. The molecule has 1 unspecified atom stereocenters. The molecule has 0 fully saturated rings. The molecule has 0 aromatic heterocycles. The molecule has 174 valence electrons. The summed E-state index contributed by atoms with van der Waals surface area (Å²) in [5, 5.41) is 5.89. The fourth-order valence-electron chi connectivity index (χ4n) is 3.65. The minimum Gasteiger partial charge on any atom is -0.497 e. The van der Waals surface area contributed by atoms with Crippen molar-refractivity contribution >= 4 is 40.6 Å². The first kappa shape index (κ1) is 23.1. The summed E-state index contributed by atoms with van der Waals surface area (Å²) in [5.74, 6) is 0.595. The largest absolute Gasteiger partial charge is 0.497 e. The number of benzodiazepines with no additional fused rings is 1.